The SMILES string of the molecule is CCCN1C(NC(=O)OC)=NCC1c1cccc(Cl)c1. The molecule has 0 aliphatic carbocycles. The molecule has 0 radical (unpaired) electrons. The fourth-order valence-corrected chi connectivity index (χ4v) is 2.46. The zero-order valence-corrected chi connectivity index (χ0v) is 12.4. The number of hydrogen-bond donors (Lipinski definition) is 1. The van der Waals surface area contributed by atoms with E-state index in [2.05, 4.69) is 26.9 Å². The van der Waals surface area contributed by atoms with E-state index in [0.717, 1.165) is 18.5 Å². The largest absolute Gasteiger partial charge is 0.453 e. The van der Waals surface area contributed by atoms with Crippen molar-refractivity contribution in [1.82, 2.24) is 10.2 Å². The molecule has 1 aliphatic heterocycles. The van der Waals surface area contributed by atoms with Crippen molar-refractivity contribution in [2.75, 3.05) is 20.2 Å². The Morgan fingerprint density at radius 2 is 2.40 bits per heavy atom. The first-order chi connectivity index (χ1) is 9.65. The number of ether oxygens (including phenoxy) is 1. The fraction of sp³-hybridized carbons (Fsp3) is 0.429. The molecule has 108 valence electrons. The molecule has 1 amide bonds. The monoisotopic (exact) mass is 295 g/mol. The second-order valence-electron chi connectivity index (χ2n) is 4.55. The van der Waals surface area contributed by atoms with E-state index in [0.29, 0.717) is 17.5 Å². The molecule has 6 heteroatoms. The van der Waals surface area contributed by atoms with Gasteiger partial charge in [0.1, 0.15) is 0 Å². The molecule has 0 aromatic heterocycles. The molecule has 1 aromatic rings. The van der Waals surface area contributed by atoms with Gasteiger partial charge in [-0.25, -0.2) is 4.79 Å². The Labute approximate surface area is 123 Å². The van der Waals surface area contributed by atoms with E-state index in [-0.39, 0.29) is 6.04 Å². The van der Waals surface area contributed by atoms with Crippen molar-refractivity contribution >= 4 is 23.7 Å². The molecule has 1 unspecified atom stereocenters. The van der Waals surface area contributed by atoms with Gasteiger partial charge < -0.3 is 9.64 Å². The van der Waals surface area contributed by atoms with E-state index < -0.39 is 6.09 Å². The Morgan fingerprint density at radius 1 is 1.60 bits per heavy atom. The van der Waals surface area contributed by atoms with Crippen LogP contribution in [0.4, 0.5) is 4.79 Å². The molecule has 20 heavy (non-hydrogen) atoms. The van der Waals surface area contributed by atoms with Gasteiger partial charge in [0, 0.05) is 11.6 Å². The maximum Gasteiger partial charge on any atom is 0.413 e. The molecule has 5 nitrogen and oxygen atoms in total. The van der Waals surface area contributed by atoms with Crippen molar-refractivity contribution in [2.45, 2.75) is 19.4 Å². The van der Waals surface area contributed by atoms with E-state index in [4.69, 9.17) is 11.6 Å². The van der Waals surface area contributed by atoms with Crippen LogP contribution >= 0.6 is 11.6 Å². The van der Waals surface area contributed by atoms with Crippen LogP contribution in [0.15, 0.2) is 29.3 Å². The van der Waals surface area contributed by atoms with Crippen molar-refractivity contribution in [3.05, 3.63) is 34.9 Å². The van der Waals surface area contributed by atoms with Gasteiger partial charge in [0.05, 0.1) is 19.7 Å². The Balaban J connectivity index is 2.17. The van der Waals surface area contributed by atoms with Gasteiger partial charge in [-0.15, -0.1) is 0 Å². The predicted octanol–water partition coefficient (Wildman–Crippen LogP) is 2.82. The third-order valence-electron chi connectivity index (χ3n) is 3.16. The second kappa shape index (κ2) is 6.61. The first-order valence-corrected chi connectivity index (χ1v) is 6.95. The molecular formula is C14H18ClN3O2. The molecule has 1 heterocycles. The van der Waals surface area contributed by atoms with Gasteiger partial charge in [0.2, 0.25) is 5.96 Å². The van der Waals surface area contributed by atoms with Crippen LogP contribution in [0.5, 0.6) is 0 Å². The van der Waals surface area contributed by atoms with Gasteiger partial charge >= 0.3 is 6.09 Å². The third kappa shape index (κ3) is 3.22. The maximum atomic E-state index is 11.4. The molecule has 0 fully saturated rings. The van der Waals surface area contributed by atoms with Gasteiger partial charge in [0.15, 0.2) is 0 Å². The standard InChI is InChI=1S/C14H18ClN3O2/c1-3-7-18-12(10-5-4-6-11(15)8-10)9-16-13(18)17-14(19)20-2/h4-6,8,12H,3,7,9H2,1-2H3,(H,16,17,19). The Hall–Kier alpha value is -1.75. The lowest BCUT2D eigenvalue weighted by Crippen LogP contribution is -2.43. The smallest absolute Gasteiger partial charge is 0.413 e. The van der Waals surface area contributed by atoms with Crippen LogP contribution in [0, 0.1) is 0 Å². The average molecular weight is 296 g/mol. The molecule has 1 aromatic carbocycles. The fourth-order valence-electron chi connectivity index (χ4n) is 2.27. The minimum Gasteiger partial charge on any atom is -0.453 e. The maximum absolute atomic E-state index is 11.4. The number of nitrogens with one attached hydrogen (secondary N) is 1. The number of amides is 1. The van der Waals surface area contributed by atoms with Crippen LogP contribution < -0.4 is 5.32 Å². The number of hydrogen-bond acceptors (Lipinski definition) is 4. The summed E-state index contributed by atoms with van der Waals surface area (Å²) in [6.45, 7) is 3.49. The van der Waals surface area contributed by atoms with Gasteiger partial charge in [-0.1, -0.05) is 30.7 Å². The Bertz CT molecular complexity index is 519. The number of methoxy groups -OCH3 is 1. The summed E-state index contributed by atoms with van der Waals surface area (Å²) in [5.41, 5.74) is 1.09. The lowest BCUT2D eigenvalue weighted by Gasteiger charge is -2.27. The normalized spacial score (nSPS) is 17.9. The van der Waals surface area contributed by atoms with E-state index in [9.17, 15) is 4.79 Å². The predicted molar refractivity (Wildman–Crippen MR) is 79.0 cm³/mol. The minimum atomic E-state index is -0.503. The molecule has 1 atom stereocenters. The van der Waals surface area contributed by atoms with E-state index in [1.807, 2.05) is 24.3 Å². The van der Waals surface area contributed by atoms with E-state index in [1.54, 1.807) is 0 Å². The first-order valence-electron chi connectivity index (χ1n) is 6.57. The highest BCUT2D eigenvalue weighted by Gasteiger charge is 2.29. The quantitative estimate of drug-likeness (QED) is 0.933. The summed E-state index contributed by atoms with van der Waals surface area (Å²) in [4.78, 5) is 17.8. The Morgan fingerprint density at radius 3 is 3.05 bits per heavy atom. The van der Waals surface area contributed by atoms with Crippen LogP contribution in [-0.4, -0.2) is 37.2 Å². The summed E-state index contributed by atoms with van der Waals surface area (Å²) in [7, 11) is 1.34. The number of rotatable bonds is 3. The summed E-state index contributed by atoms with van der Waals surface area (Å²) < 4.78 is 4.62. The molecular weight excluding hydrogens is 278 g/mol. The molecule has 2 rings (SSSR count). The summed E-state index contributed by atoms with van der Waals surface area (Å²) >= 11 is 6.05. The molecule has 1 aliphatic rings. The van der Waals surface area contributed by atoms with E-state index >= 15 is 0 Å². The average Bonchev–Trinajstić information content (AvgIpc) is 2.82. The lowest BCUT2D eigenvalue weighted by molar-refractivity contribution is 0.175. The highest BCUT2D eigenvalue weighted by molar-refractivity contribution is 6.30. The van der Waals surface area contributed by atoms with Crippen molar-refractivity contribution < 1.29 is 9.53 Å². The number of alkyl carbamates (subject to hydrolysis) is 1. The van der Waals surface area contributed by atoms with Crippen molar-refractivity contribution in [2.24, 2.45) is 4.99 Å². The number of carbonyl (C=O) groups excluding carboxylic acids is 1. The molecule has 0 bridgehead atoms. The lowest BCUT2D eigenvalue weighted by atomic mass is 10.1. The number of halogens is 1. The van der Waals surface area contributed by atoms with Crippen LogP contribution in [0.3, 0.4) is 0 Å². The van der Waals surface area contributed by atoms with Crippen LogP contribution in [-0.2, 0) is 4.74 Å². The number of guanidine groups is 1. The van der Waals surface area contributed by atoms with Crippen LogP contribution in [0.25, 0.3) is 0 Å². The summed E-state index contributed by atoms with van der Waals surface area (Å²) in [6, 6.07) is 7.83. The van der Waals surface area contributed by atoms with Gasteiger partial charge in [-0.2, -0.15) is 0 Å². The van der Waals surface area contributed by atoms with Crippen LogP contribution in [0.1, 0.15) is 24.9 Å². The minimum absolute atomic E-state index is 0.0980. The zero-order chi connectivity index (χ0) is 14.5. The molecule has 1 N–H and O–H groups in total. The summed E-state index contributed by atoms with van der Waals surface area (Å²) in [5.74, 6) is 0.559. The van der Waals surface area contributed by atoms with Crippen molar-refractivity contribution in [3.8, 4) is 0 Å². The number of nitrogens with zero attached hydrogens (tertiary/aromatic N) is 2. The topological polar surface area (TPSA) is 53.9 Å². The van der Waals surface area contributed by atoms with Crippen molar-refractivity contribution in [3.63, 3.8) is 0 Å². The van der Waals surface area contributed by atoms with Gasteiger partial charge in [-0.05, 0) is 24.1 Å². The Kier molecular flexibility index (Phi) is 4.84. The van der Waals surface area contributed by atoms with E-state index in [1.165, 1.54) is 7.11 Å². The number of aliphatic imine (C=N–C) groups is 1. The highest BCUT2D eigenvalue weighted by atomic mass is 35.5. The zero-order valence-electron chi connectivity index (χ0n) is 11.6. The summed E-state index contributed by atoms with van der Waals surface area (Å²) in [5, 5.41) is 3.36. The third-order valence-corrected chi connectivity index (χ3v) is 3.39. The number of carbonyl (C=O) groups is 1. The van der Waals surface area contributed by atoms with Crippen LogP contribution in [0.2, 0.25) is 5.02 Å². The first kappa shape index (κ1) is 14.7. The molecule has 0 spiro atoms. The highest BCUT2D eigenvalue weighted by Crippen LogP contribution is 2.27. The molecule has 0 saturated carbocycles. The second-order valence-corrected chi connectivity index (χ2v) is 4.98. The van der Waals surface area contributed by atoms with Crippen molar-refractivity contribution in [1.29, 1.82) is 0 Å². The summed E-state index contributed by atoms with van der Waals surface area (Å²) in [6.07, 6.45) is 0.454. The number of benzene rings is 1. The molecule has 0 saturated heterocycles. The van der Waals surface area contributed by atoms with Gasteiger partial charge in [0.25, 0.3) is 0 Å². The van der Waals surface area contributed by atoms with Gasteiger partial charge in [-0.3, -0.25) is 10.3 Å².